The van der Waals surface area contributed by atoms with Crippen LogP contribution in [0.3, 0.4) is 0 Å². The molecule has 0 atom stereocenters. The van der Waals surface area contributed by atoms with Gasteiger partial charge in [-0.2, -0.15) is 0 Å². The van der Waals surface area contributed by atoms with E-state index in [1.165, 1.54) is 0 Å². The third kappa shape index (κ3) is 0.560. The van der Waals surface area contributed by atoms with Gasteiger partial charge in [0.2, 0.25) is 0 Å². The lowest BCUT2D eigenvalue weighted by Crippen LogP contribution is -1.86. The van der Waals surface area contributed by atoms with Crippen LogP contribution in [0, 0.1) is 0 Å². The molecule has 0 saturated carbocycles. The summed E-state index contributed by atoms with van der Waals surface area (Å²) in [5.41, 5.74) is 0. The van der Waals surface area contributed by atoms with E-state index in [1.807, 2.05) is 22.9 Å². The van der Waals surface area contributed by atoms with Crippen LogP contribution in [0.4, 0.5) is 0 Å². The molecule has 0 N–H and O–H groups in total. The first-order valence-corrected chi connectivity index (χ1v) is 2.87. The summed E-state index contributed by atoms with van der Waals surface area (Å²) >= 11 is 0. The van der Waals surface area contributed by atoms with Crippen molar-refractivity contribution >= 4 is 0 Å². The molecule has 2 heteroatoms. The average Bonchev–Trinajstić information content (AvgIpc) is 2.22. The lowest BCUT2D eigenvalue weighted by Gasteiger charge is -1.88. The number of rotatable bonds is 0. The van der Waals surface area contributed by atoms with Gasteiger partial charge in [-0.3, -0.25) is 0 Å². The summed E-state index contributed by atoms with van der Waals surface area (Å²) in [4.78, 5) is 0. The molecule has 0 spiro atoms. The number of aromatic nitrogens is 1. The molecular formula is C7H7NO. The zero-order chi connectivity index (χ0) is 6.27. The van der Waals surface area contributed by atoms with Crippen molar-refractivity contribution in [3.05, 3.63) is 30.7 Å². The van der Waals surface area contributed by atoms with E-state index in [0.29, 0.717) is 0 Å². The largest absolute Gasteiger partial charge is 0.444 e. The van der Waals surface area contributed by atoms with Crippen LogP contribution in [-0.2, 0) is 6.54 Å². The first kappa shape index (κ1) is 4.68. The molecule has 1 aliphatic heterocycles. The highest BCUT2D eigenvalue weighted by Gasteiger charge is 2.11. The predicted molar refractivity (Wildman–Crippen MR) is 34.2 cm³/mol. The monoisotopic (exact) mass is 121 g/mol. The Kier molecular flexibility index (Phi) is 0.730. The summed E-state index contributed by atoms with van der Waals surface area (Å²) in [6.45, 7) is 4.51. The van der Waals surface area contributed by atoms with Crippen molar-refractivity contribution in [2.75, 3.05) is 0 Å². The fourth-order valence-electron chi connectivity index (χ4n) is 0.992. The summed E-state index contributed by atoms with van der Waals surface area (Å²) in [6, 6.07) is 3.89. The number of allylic oxidation sites excluding steroid dienone is 1. The Bertz CT molecular complexity index is 227. The summed E-state index contributed by atoms with van der Waals surface area (Å²) < 4.78 is 7.23. The zero-order valence-corrected chi connectivity index (χ0v) is 5.00. The molecule has 9 heavy (non-hydrogen) atoms. The van der Waals surface area contributed by atoms with Gasteiger partial charge < -0.3 is 9.30 Å². The molecule has 0 aliphatic carbocycles. The maximum atomic E-state index is 5.22. The van der Waals surface area contributed by atoms with E-state index >= 15 is 0 Å². The molecule has 2 nitrogen and oxygen atoms in total. The van der Waals surface area contributed by atoms with E-state index in [1.54, 1.807) is 0 Å². The van der Waals surface area contributed by atoms with Gasteiger partial charge in [0.05, 0.1) is 6.54 Å². The topological polar surface area (TPSA) is 14.2 Å². The van der Waals surface area contributed by atoms with Crippen molar-refractivity contribution in [1.29, 1.82) is 0 Å². The Labute approximate surface area is 53.4 Å². The fourth-order valence-corrected chi connectivity index (χ4v) is 0.992. The molecular weight excluding hydrogens is 114 g/mol. The van der Waals surface area contributed by atoms with Crippen LogP contribution in [-0.4, -0.2) is 4.57 Å². The van der Waals surface area contributed by atoms with E-state index in [2.05, 4.69) is 6.58 Å². The Balaban J connectivity index is 2.49. The van der Waals surface area contributed by atoms with Crippen molar-refractivity contribution in [3.63, 3.8) is 0 Å². The summed E-state index contributed by atoms with van der Waals surface area (Å²) in [5, 5.41) is 0. The zero-order valence-electron chi connectivity index (χ0n) is 5.00. The molecule has 1 aromatic heterocycles. The van der Waals surface area contributed by atoms with Crippen molar-refractivity contribution in [2.45, 2.75) is 6.54 Å². The second-order valence-electron chi connectivity index (χ2n) is 2.12. The molecule has 1 aliphatic rings. The third-order valence-electron chi connectivity index (χ3n) is 1.38. The number of hydrogen-bond donors (Lipinski definition) is 0. The molecule has 0 amide bonds. The van der Waals surface area contributed by atoms with Crippen molar-refractivity contribution in [2.24, 2.45) is 0 Å². The minimum atomic E-state index is 0.808. The predicted octanol–water partition coefficient (Wildman–Crippen LogP) is 1.39. The SMILES string of the molecule is C=C1Cn2cccc2O1. The maximum absolute atomic E-state index is 5.22. The van der Waals surface area contributed by atoms with Crippen molar-refractivity contribution in [3.8, 4) is 5.88 Å². The van der Waals surface area contributed by atoms with E-state index in [9.17, 15) is 0 Å². The molecule has 0 saturated heterocycles. The van der Waals surface area contributed by atoms with Gasteiger partial charge in [0, 0.05) is 12.3 Å². The Hall–Kier alpha value is -1.18. The summed E-state index contributed by atoms with van der Waals surface area (Å²) in [7, 11) is 0. The molecule has 0 radical (unpaired) electrons. The first-order chi connectivity index (χ1) is 4.36. The van der Waals surface area contributed by atoms with Crippen molar-refractivity contribution in [1.82, 2.24) is 4.57 Å². The number of fused-ring (bicyclic) bond motifs is 1. The van der Waals surface area contributed by atoms with Crippen LogP contribution in [0.1, 0.15) is 0 Å². The number of ether oxygens (including phenoxy) is 1. The van der Waals surface area contributed by atoms with E-state index in [4.69, 9.17) is 4.74 Å². The maximum Gasteiger partial charge on any atom is 0.199 e. The van der Waals surface area contributed by atoms with Gasteiger partial charge in [0.25, 0.3) is 0 Å². The van der Waals surface area contributed by atoms with Crippen LogP contribution < -0.4 is 4.74 Å². The average molecular weight is 121 g/mol. The highest BCUT2D eigenvalue weighted by Crippen LogP contribution is 2.22. The van der Waals surface area contributed by atoms with Gasteiger partial charge in [-0.1, -0.05) is 6.58 Å². The molecule has 0 bridgehead atoms. The normalized spacial score (nSPS) is 15.3. The number of nitrogens with zero attached hydrogens (tertiary/aromatic N) is 1. The van der Waals surface area contributed by atoms with Crippen LogP contribution >= 0.6 is 0 Å². The van der Waals surface area contributed by atoms with Gasteiger partial charge in [0.1, 0.15) is 5.76 Å². The summed E-state index contributed by atoms with van der Waals surface area (Å²) in [6.07, 6.45) is 1.98. The molecule has 0 aromatic carbocycles. The smallest absolute Gasteiger partial charge is 0.199 e. The molecule has 0 fully saturated rings. The van der Waals surface area contributed by atoms with E-state index in [-0.39, 0.29) is 0 Å². The van der Waals surface area contributed by atoms with Crippen molar-refractivity contribution < 1.29 is 4.74 Å². The summed E-state index contributed by atoms with van der Waals surface area (Å²) in [5.74, 6) is 1.73. The molecule has 1 aromatic rings. The fraction of sp³-hybridized carbons (Fsp3) is 0.143. The Morgan fingerprint density at radius 3 is 3.33 bits per heavy atom. The van der Waals surface area contributed by atoms with Crippen LogP contribution in [0.2, 0.25) is 0 Å². The van der Waals surface area contributed by atoms with Gasteiger partial charge in [-0.15, -0.1) is 0 Å². The van der Waals surface area contributed by atoms with E-state index < -0.39 is 0 Å². The molecule has 2 heterocycles. The van der Waals surface area contributed by atoms with Crippen LogP contribution in [0.5, 0.6) is 5.88 Å². The minimum Gasteiger partial charge on any atom is -0.444 e. The Morgan fingerprint density at radius 2 is 2.56 bits per heavy atom. The third-order valence-corrected chi connectivity index (χ3v) is 1.38. The first-order valence-electron chi connectivity index (χ1n) is 2.87. The minimum absolute atomic E-state index is 0.808. The van der Waals surface area contributed by atoms with Gasteiger partial charge >= 0.3 is 0 Å². The van der Waals surface area contributed by atoms with Gasteiger partial charge in [0.15, 0.2) is 5.88 Å². The lowest BCUT2D eigenvalue weighted by molar-refractivity contribution is 0.448. The second kappa shape index (κ2) is 1.41. The quantitative estimate of drug-likeness (QED) is 0.506. The molecule has 46 valence electrons. The highest BCUT2D eigenvalue weighted by atomic mass is 16.5. The highest BCUT2D eigenvalue weighted by molar-refractivity contribution is 5.21. The number of hydrogen-bond acceptors (Lipinski definition) is 1. The van der Waals surface area contributed by atoms with Crippen LogP contribution in [0.25, 0.3) is 0 Å². The van der Waals surface area contributed by atoms with Gasteiger partial charge in [-0.25, -0.2) is 0 Å². The van der Waals surface area contributed by atoms with E-state index in [0.717, 1.165) is 18.2 Å². The molecule has 2 rings (SSSR count). The second-order valence-corrected chi connectivity index (χ2v) is 2.12. The van der Waals surface area contributed by atoms with Crippen LogP contribution in [0.15, 0.2) is 30.7 Å². The lowest BCUT2D eigenvalue weighted by atomic mass is 10.6. The van der Waals surface area contributed by atoms with Gasteiger partial charge in [-0.05, 0) is 6.07 Å². The Morgan fingerprint density at radius 1 is 1.67 bits per heavy atom. The molecule has 0 unspecified atom stereocenters. The standard InChI is InChI=1S/C7H7NO/c1-6-5-8-4-2-3-7(8)9-6/h2-4H,1,5H2.